The third-order valence-electron chi connectivity index (χ3n) is 8.80. The number of aliphatic hydroxyl groups excluding tert-OH is 2. The van der Waals surface area contributed by atoms with Gasteiger partial charge in [-0.25, -0.2) is 0 Å². The highest BCUT2D eigenvalue weighted by atomic mass is 16.6. The highest BCUT2D eigenvalue weighted by Gasteiger charge is 2.80. The van der Waals surface area contributed by atoms with Crippen LogP contribution in [0.4, 0.5) is 0 Å². The lowest BCUT2D eigenvalue weighted by atomic mass is 9.40. The lowest BCUT2D eigenvalue weighted by Gasteiger charge is -2.71. The Morgan fingerprint density at radius 2 is 1.84 bits per heavy atom. The molecule has 0 amide bonds. The minimum absolute atomic E-state index is 0.0703. The maximum absolute atomic E-state index is 13.7. The van der Waals surface area contributed by atoms with Crippen molar-refractivity contribution in [3.05, 3.63) is 12.7 Å². The summed E-state index contributed by atoms with van der Waals surface area (Å²) in [7, 11) is 3.98. The summed E-state index contributed by atoms with van der Waals surface area (Å²) in [6.07, 6.45) is 0.484. The number of aliphatic hydroxyl groups is 3. The van der Waals surface area contributed by atoms with E-state index in [1.165, 1.54) is 0 Å². The van der Waals surface area contributed by atoms with Gasteiger partial charge in [-0.1, -0.05) is 26.8 Å². The fourth-order valence-electron chi connectivity index (χ4n) is 7.06. The normalized spacial score (nSPS) is 48.3. The molecule has 7 heteroatoms. The van der Waals surface area contributed by atoms with Gasteiger partial charge in [0.25, 0.3) is 0 Å². The summed E-state index contributed by atoms with van der Waals surface area (Å²) in [5.41, 5.74) is -6.41. The Hall–Kier alpha value is -0.830. The summed E-state index contributed by atoms with van der Waals surface area (Å²) in [5.74, 6) is -0.880. The monoisotopic (exact) mass is 453 g/mol. The van der Waals surface area contributed by atoms with Gasteiger partial charge in [0.05, 0.1) is 17.8 Å². The zero-order valence-electron chi connectivity index (χ0n) is 20.9. The van der Waals surface area contributed by atoms with Crippen molar-refractivity contribution in [1.29, 1.82) is 0 Å². The number of hydrogen-bond donors (Lipinski definition) is 3. The Kier molecular flexibility index (Phi) is 6.56. The molecule has 3 aliphatic rings. The first-order valence-corrected chi connectivity index (χ1v) is 11.8. The van der Waals surface area contributed by atoms with Crippen LogP contribution in [0.1, 0.15) is 60.3 Å². The van der Waals surface area contributed by atoms with E-state index in [2.05, 4.69) is 25.3 Å². The molecule has 0 spiro atoms. The second kappa shape index (κ2) is 8.14. The molecular formula is C25H43NO6. The van der Waals surface area contributed by atoms with E-state index in [0.29, 0.717) is 19.4 Å². The van der Waals surface area contributed by atoms with Gasteiger partial charge >= 0.3 is 0 Å². The van der Waals surface area contributed by atoms with Gasteiger partial charge < -0.3 is 29.7 Å². The van der Waals surface area contributed by atoms with Crippen LogP contribution in [0.5, 0.6) is 0 Å². The van der Waals surface area contributed by atoms with Gasteiger partial charge in [0.2, 0.25) is 0 Å². The van der Waals surface area contributed by atoms with Gasteiger partial charge in [-0.05, 0) is 59.2 Å². The van der Waals surface area contributed by atoms with Crippen LogP contribution < -0.4 is 0 Å². The largest absolute Gasteiger partial charge is 0.392 e. The van der Waals surface area contributed by atoms with Crippen LogP contribution >= 0.6 is 0 Å². The van der Waals surface area contributed by atoms with E-state index in [4.69, 9.17) is 9.47 Å². The lowest BCUT2D eigenvalue weighted by molar-refractivity contribution is -0.374. The molecule has 7 nitrogen and oxygen atoms in total. The summed E-state index contributed by atoms with van der Waals surface area (Å²) in [4.78, 5) is 15.8. The predicted molar refractivity (Wildman–Crippen MR) is 122 cm³/mol. The molecule has 3 rings (SSSR count). The van der Waals surface area contributed by atoms with Gasteiger partial charge in [-0.2, -0.15) is 0 Å². The fraction of sp³-hybridized carbons (Fsp3) is 0.880. The van der Waals surface area contributed by atoms with Crippen LogP contribution in [0.25, 0.3) is 0 Å². The molecule has 32 heavy (non-hydrogen) atoms. The van der Waals surface area contributed by atoms with Crippen LogP contribution in [0.3, 0.4) is 0 Å². The van der Waals surface area contributed by atoms with Gasteiger partial charge in [0, 0.05) is 24.4 Å². The van der Waals surface area contributed by atoms with Crippen molar-refractivity contribution >= 4 is 5.78 Å². The molecule has 1 heterocycles. The number of ketones is 1. The summed E-state index contributed by atoms with van der Waals surface area (Å²) in [5, 5.41) is 35.3. The molecule has 0 unspecified atom stereocenters. The van der Waals surface area contributed by atoms with Crippen molar-refractivity contribution in [2.24, 2.45) is 16.7 Å². The van der Waals surface area contributed by atoms with E-state index in [0.717, 1.165) is 13.0 Å². The van der Waals surface area contributed by atoms with Gasteiger partial charge in [-0.15, -0.1) is 6.58 Å². The maximum atomic E-state index is 13.7. The molecule has 0 aromatic heterocycles. The Morgan fingerprint density at radius 3 is 2.41 bits per heavy atom. The summed E-state index contributed by atoms with van der Waals surface area (Å²) in [6, 6.07) is 0. The van der Waals surface area contributed by atoms with Gasteiger partial charge in [0.1, 0.15) is 11.7 Å². The van der Waals surface area contributed by atoms with E-state index in [9.17, 15) is 20.1 Å². The van der Waals surface area contributed by atoms with Crippen LogP contribution in [-0.2, 0) is 14.3 Å². The summed E-state index contributed by atoms with van der Waals surface area (Å²) >= 11 is 0. The molecule has 1 saturated heterocycles. The molecule has 3 fully saturated rings. The van der Waals surface area contributed by atoms with Crippen LogP contribution in [0, 0.1) is 16.7 Å². The molecule has 2 saturated carbocycles. The Bertz CT molecular complexity index is 755. The quantitative estimate of drug-likeness (QED) is 0.417. The SMILES string of the molecule is C=C[C@@]1(C)CC(=O)[C@]2(O)[C@@]3(C)[C@@H](O)CCC(C)(C)[C@@H]3[C@H](OCCCN(C)C)[C@H](O)[C@@]2(C)O1. The van der Waals surface area contributed by atoms with Crippen LogP contribution in [-0.4, -0.2) is 88.4 Å². The lowest BCUT2D eigenvalue weighted by Crippen LogP contribution is -2.86. The van der Waals surface area contributed by atoms with Crippen molar-refractivity contribution in [3.63, 3.8) is 0 Å². The minimum Gasteiger partial charge on any atom is -0.392 e. The topological polar surface area (TPSA) is 99.5 Å². The number of Topliss-reactive ketones (excluding diaryl/α,β-unsaturated/α-hetero) is 1. The van der Waals surface area contributed by atoms with Crippen LogP contribution in [0.2, 0.25) is 0 Å². The molecule has 0 radical (unpaired) electrons. The van der Waals surface area contributed by atoms with Crippen LogP contribution in [0.15, 0.2) is 12.7 Å². The number of fused-ring (bicyclic) bond motifs is 3. The molecule has 184 valence electrons. The number of hydrogen-bond acceptors (Lipinski definition) is 7. The highest BCUT2D eigenvalue weighted by molar-refractivity contribution is 5.92. The molecule has 8 atom stereocenters. The molecular weight excluding hydrogens is 410 g/mol. The van der Waals surface area contributed by atoms with Crippen molar-refractivity contribution in [3.8, 4) is 0 Å². The standard InChI is InChI=1S/C25H43NO6/c1-9-22(4)15-17(28)25(30)23(5)16(27)11-12-21(2,3)19(23)18(20(29)24(25,6)32-22)31-14-10-13-26(7)8/h9,16,18-20,27,29-30H,1,10-15H2,2-8H3/t16-,18-,19-,20-,22-,23-,24+,25-/m0/s1. The summed E-state index contributed by atoms with van der Waals surface area (Å²) in [6.45, 7) is 14.3. The van der Waals surface area contributed by atoms with E-state index in [1.807, 2.05) is 14.1 Å². The molecule has 1 aliphatic heterocycles. The first-order chi connectivity index (χ1) is 14.6. The number of rotatable bonds is 6. The fourth-order valence-corrected chi connectivity index (χ4v) is 7.06. The number of nitrogens with zero attached hydrogens (tertiary/aromatic N) is 1. The average Bonchev–Trinajstić information content (AvgIpc) is 2.69. The van der Waals surface area contributed by atoms with Gasteiger partial charge in [-0.3, -0.25) is 4.79 Å². The molecule has 0 bridgehead atoms. The Labute approximate surface area is 192 Å². The molecule has 0 aromatic carbocycles. The first-order valence-electron chi connectivity index (χ1n) is 11.8. The third-order valence-corrected chi connectivity index (χ3v) is 8.80. The molecule has 2 aliphatic carbocycles. The number of carbonyl (C=O) groups is 1. The molecule has 0 aromatic rings. The number of carbonyl (C=O) groups excluding carboxylic acids is 1. The zero-order valence-corrected chi connectivity index (χ0v) is 20.9. The third kappa shape index (κ3) is 3.43. The van der Waals surface area contributed by atoms with Crippen molar-refractivity contribution < 1.29 is 29.6 Å². The second-order valence-electron chi connectivity index (χ2n) is 11.8. The Morgan fingerprint density at radius 1 is 1.22 bits per heavy atom. The van der Waals surface area contributed by atoms with E-state index >= 15 is 0 Å². The molecule has 3 N–H and O–H groups in total. The first kappa shape index (κ1) is 25.8. The predicted octanol–water partition coefficient (Wildman–Crippen LogP) is 1.93. The smallest absolute Gasteiger partial charge is 0.171 e. The van der Waals surface area contributed by atoms with E-state index in [1.54, 1.807) is 26.8 Å². The van der Waals surface area contributed by atoms with E-state index in [-0.39, 0.29) is 11.8 Å². The average molecular weight is 454 g/mol. The minimum atomic E-state index is -2.08. The number of ether oxygens (including phenoxy) is 2. The van der Waals surface area contributed by atoms with Crippen molar-refractivity contribution in [1.82, 2.24) is 4.90 Å². The van der Waals surface area contributed by atoms with Crippen molar-refractivity contribution in [2.45, 2.75) is 95.4 Å². The van der Waals surface area contributed by atoms with E-state index < -0.39 is 52.2 Å². The second-order valence-corrected chi connectivity index (χ2v) is 11.8. The Balaban J connectivity index is 2.14. The zero-order chi connectivity index (χ0) is 24.3. The van der Waals surface area contributed by atoms with Gasteiger partial charge in [0.15, 0.2) is 11.4 Å². The summed E-state index contributed by atoms with van der Waals surface area (Å²) < 4.78 is 12.7. The highest BCUT2D eigenvalue weighted by Crippen LogP contribution is 2.67. The maximum Gasteiger partial charge on any atom is 0.171 e. The van der Waals surface area contributed by atoms with Crippen molar-refractivity contribution in [2.75, 3.05) is 27.2 Å².